The van der Waals surface area contributed by atoms with Crippen LogP contribution < -0.4 is 16.3 Å². The van der Waals surface area contributed by atoms with Crippen molar-refractivity contribution in [1.29, 1.82) is 0 Å². The summed E-state index contributed by atoms with van der Waals surface area (Å²) in [6.45, 7) is 1.73. The fourth-order valence-corrected chi connectivity index (χ4v) is 4.33. The van der Waals surface area contributed by atoms with E-state index in [4.69, 9.17) is 0 Å². The lowest BCUT2D eigenvalue weighted by Gasteiger charge is -2.23. The van der Waals surface area contributed by atoms with Gasteiger partial charge in [-0.25, -0.2) is 18.9 Å². The maximum atomic E-state index is 13.9. The van der Waals surface area contributed by atoms with Crippen molar-refractivity contribution in [3.05, 3.63) is 41.2 Å². The zero-order chi connectivity index (χ0) is 20.6. The number of alkyl halides is 2. The Balaban J connectivity index is 1.59. The quantitative estimate of drug-likeness (QED) is 0.687. The monoisotopic (exact) mass is 421 g/mol. The Morgan fingerprint density at radius 1 is 1.38 bits per heavy atom. The molecule has 4 rings (SSSR count). The molecule has 1 aliphatic carbocycles. The summed E-state index contributed by atoms with van der Waals surface area (Å²) in [5.41, 5.74) is 7.27. The molecule has 0 spiro atoms. The van der Waals surface area contributed by atoms with Crippen molar-refractivity contribution in [2.45, 2.75) is 38.0 Å². The number of hydrogen-bond donors (Lipinski definition) is 3. The van der Waals surface area contributed by atoms with Gasteiger partial charge in [-0.15, -0.1) is 10.6 Å². The molecule has 2 heterocycles. The normalized spacial score (nSPS) is 21.6. The summed E-state index contributed by atoms with van der Waals surface area (Å²) in [5, 5.41) is 8.91. The number of carbonyl (C=O) groups excluding carboxylic acids is 1. The van der Waals surface area contributed by atoms with Crippen LogP contribution in [0.5, 0.6) is 0 Å². The fourth-order valence-electron chi connectivity index (χ4n) is 3.75. The van der Waals surface area contributed by atoms with E-state index in [2.05, 4.69) is 30.7 Å². The highest BCUT2D eigenvalue weighted by atomic mass is 32.1. The molecule has 1 saturated carbocycles. The van der Waals surface area contributed by atoms with E-state index in [9.17, 15) is 13.6 Å². The predicted molar refractivity (Wildman–Crippen MR) is 105 cm³/mol. The summed E-state index contributed by atoms with van der Waals surface area (Å²) >= 11 is 1.08. The zero-order valence-corrected chi connectivity index (χ0v) is 16.8. The highest BCUT2D eigenvalue weighted by molar-refractivity contribution is 7.09. The molecule has 2 atom stereocenters. The first kappa shape index (κ1) is 19.6. The standard InChI is InChI=1S/C18H21F2N7OS/c1-10-21-17(29-25-10)22-16(28)14(13-7-8-18(19,20)9-13)11-3-5-12(6-4-11)15-23-26-27(2)24-15/h3-6,13-14,26H,7-9H2,1-2H3,(H,23,24)(H,21,22,25,28)/t13-,14+/m0/s1. The van der Waals surface area contributed by atoms with Crippen LogP contribution in [0, 0.1) is 12.8 Å². The first-order valence-electron chi connectivity index (χ1n) is 9.24. The minimum atomic E-state index is -2.73. The summed E-state index contributed by atoms with van der Waals surface area (Å²) in [6, 6.07) is 7.24. The molecular weight excluding hydrogens is 400 g/mol. The summed E-state index contributed by atoms with van der Waals surface area (Å²) in [7, 11) is 1.75. The van der Waals surface area contributed by atoms with Crippen LogP contribution in [-0.2, 0) is 4.79 Å². The number of benzene rings is 1. The van der Waals surface area contributed by atoms with Crippen molar-refractivity contribution in [1.82, 2.24) is 25.4 Å². The van der Waals surface area contributed by atoms with Gasteiger partial charge < -0.3 is 5.32 Å². The van der Waals surface area contributed by atoms with E-state index in [0.29, 0.717) is 28.8 Å². The lowest BCUT2D eigenvalue weighted by molar-refractivity contribution is -0.118. The van der Waals surface area contributed by atoms with Crippen molar-refractivity contribution in [2.75, 3.05) is 12.4 Å². The number of amidine groups is 1. The minimum Gasteiger partial charge on any atom is -0.300 e. The Morgan fingerprint density at radius 2 is 2.14 bits per heavy atom. The molecule has 1 aromatic heterocycles. The highest BCUT2D eigenvalue weighted by Crippen LogP contribution is 2.45. The molecule has 1 aliphatic heterocycles. The van der Waals surface area contributed by atoms with Gasteiger partial charge in [-0.05, 0) is 24.8 Å². The van der Waals surface area contributed by atoms with Gasteiger partial charge in [0.15, 0.2) is 5.84 Å². The number of hydrogen-bond acceptors (Lipinski definition) is 8. The predicted octanol–water partition coefficient (Wildman–Crippen LogP) is 2.62. The largest absolute Gasteiger partial charge is 0.300 e. The number of hydrazone groups is 1. The van der Waals surface area contributed by atoms with Crippen molar-refractivity contribution in [3.8, 4) is 0 Å². The van der Waals surface area contributed by atoms with Gasteiger partial charge in [-0.1, -0.05) is 24.3 Å². The second-order valence-electron chi connectivity index (χ2n) is 7.30. The van der Waals surface area contributed by atoms with Gasteiger partial charge in [0, 0.05) is 37.0 Å². The molecule has 29 heavy (non-hydrogen) atoms. The van der Waals surface area contributed by atoms with Crippen molar-refractivity contribution >= 4 is 28.4 Å². The van der Waals surface area contributed by atoms with Gasteiger partial charge in [-0.3, -0.25) is 10.2 Å². The van der Waals surface area contributed by atoms with Gasteiger partial charge in [0.25, 0.3) is 0 Å². The topological polar surface area (TPSA) is 94.5 Å². The Hall–Kier alpha value is -2.66. The third-order valence-corrected chi connectivity index (χ3v) is 5.80. The molecule has 8 nitrogen and oxygen atoms in total. The minimum absolute atomic E-state index is 0.198. The van der Waals surface area contributed by atoms with Gasteiger partial charge in [0.05, 0.1) is 5.92 Å². The van der Waals surface area contributed by atoms with Gasteiger partial charge in [0.1, 0.15) is 5.82 Å². The molecule has 1 amide bonds. The summed E-state index contributed by atoms with van der Waals surface area (Å²) < 4.78 is 31.8. The van der Waals surface area contributed by atoms with Gasteiger partial charge in [-0.2, -0.15) is 4.37 Å². The number of amides is 1. The van der Waals surface area contributed by atoms with Crippen LogP contribution in [0.15, 0.2) is 29.4 Å². The summed E-state index contributed by atoms with van der Waals surface area (Å²) in [6.07, 6.45) is -0.202. The molecule has 3 N–H and O–H groups in total. The third kappa shape index (κ3) is 4.35. The van der Waals surface area contributed by atoms with E-state index < -0.39 is 17.8 Å². The smallest absolute Gasteiger partial charge is 0.248 e. The SMILES string of the molecule is Cc1nsc(NC(=O)[C@H](c2ccc(C3=NN(C)NN3)cc2)[C@H]2CCC(F)(F)C2)n1. The van der Waals surface area contributed by atoms with Crippen LogP contribution >= 0.6 is 11.5 Å². The number of nitrogens with one attached hydrogen (secondary N) is 3. The molecule has 2 aromatic rings. The number of nitrogens with zero attached hydrogens (tertiary/aromatic N) is 4. The second-order valence-corrected chi connectivity index (χ2v) is 8.06. The number of carbonyl (C=O) groups is 1. The first-order chi connectivity index (χ1) is 13.8. The van der Waals surface area contributed by atoms with E-state index >= 15 is 0 Å². The van der Waals surface area contributed by atoms with E-state index in [0.717, 1.165) is 17.1 Å². The van der Waals surface area contributed by atoms with Crippen LogP contribution in [-0.4, -0.2) is 39.2 Å². The van der Waals surface area contributed by atoms with Crippen LogP contribution in [0.1, 0.15) is 42.1 Å². The van der Waals surface area contributed by atoms with Crippen LogP contribution in [0.3, 0.4) is 0 Å². The van der Waals surface area contributed by atoms with E-state index in [-0.39, 0.29) is 18.7 Å². The highest BCUT2D eigenvalue weighted by Gasteiger charge is 2.45. The molecule has 0 bridgehead atoms. The van der Waals surface area contributed by atoms with E-state index in [1.807, 2.05) is 12.1 Å². The van der Waals surface area contributed by atoms with Crippen LogP contribution in [0.25, 0.3) is 0 Å². The lowest BCUT2D eigenvalue weighted by atomic mass is 9.83. The molecule has 154 valence electrons. The Morgan fingerprint density at radius 3 is 2.69 bits per heavy atom. The molecule has 1 fully saturated rings. The average molecular weight is 421 g/mol. The van der Waals surface area contributed by atoms with Gasteiger partial charge in [0.2, 0.25) is 17.0 Å². The van der Waals surface area contributed by atoms with Crippen molar-refractivity contribution in [2.24, 2.45) is 11.0 Å². The zero-order valence-electron chi connectivity index (χ0n) is 15.9. The number of hydrazine groups is 2. The van der Waals surface area contributed by atoms with E-state index in [1.165, 1.54) is 5.12 Å². The second kappa shape index (κ2) is 7.64. The fraction of sp³-hybridized carbons (Fsp3) is 0.444. The molecule has 0 saturated heterocycles. The maximum absolute atomic E-state index is 13.9. The van der Waals surface area contributed by atoms with Crippen molar-refractivity contribution < 1.29 is 13.6 Å². The average Bonchev–Trinajstić information content (AvgIpc) is 3.37. The number of anilines is 1. The molecule has 0 unspecified atom stereocenters. The Labute approximate surface area is 170 Å². The molecule has 1 aromatic carbocycles. The number of rotatable bonds is 5. The van der Waals surface area contributed by atoms with Gasteiger partial charge >= 0.3 is 0 Å². The van der Waals surface area contributed by atoms with E-state index in [1.54, 1.807) is 26.1 Å². The first-order valence-corrected chi connectivity index (χ1v) is 10.0. The molecule has 2 aliphatic rings. The molecule has 11 heteroatoms. The third-order valence-electron chi connectivity index (χ3n) is 5.08. The summed E-state index contributed by atoms with van der Waals surface area (Å²) in [5.74, 6) is -3.02. The van der Waals surface area contributed by atoms with Crippen LogP contribution in [0.4, 0.5) is 13.9 Å². The number of halogens is 2. The molecule has 0 radical (unpaired) electrons. The maximum Gasteiger partial charge on any atom is 0.248 e. The Bertz CT molecular complexity index is 931. The Kier molecular flexibility index (Phi) is 5.17. The number of aryl methyl sites for hydroxylation is 1. The van der Waals surface area contributed by atoms with Crippen molar-refractivity contribution in [3.63, 3.8) is 0 Å². The summed E-state index contributed by atoms with van der Waals surface area (Å²) in [4.78, 5) is 17.2. The lowest BCUT2D eigenvalue weighted by Crippen LogP contribution is -2.36. The number of aromatic nitrogens is 2. The molecular formula is C18H21F2N7OS. The van der Waals surface area contributed by atoms with Crippen LogP contribution in [0.2, 0.25) is 0 Å².